The largest absolute Gasteiger partial charge is 0.369 e. The van der Waals surface area contributed by atoms with Crippen LogP contribution in [0, 0.1) is 0 Å². The molecular weight excluding hydrogens is 456 g/mol. The number of urea groups is 1. The molecule has 0 bridgehead atoms. The van der Waals surface area contributed by atoms with E-state index >= 15 is 0 Å². The molecule has 0 aliphatic carbocycles. The average molecular weight is 489 g/mol. The van der Waals surface area contributed by atoms with E-state index in [1.54, 1.807) is 17.2 Å². The minimum Gasteiger partial charge on any atom is -0.369 e. The van der Waals surface area contributed by atoms with Gasteiger partial charge in [-0.25, -0.2) is 32.5 Å². The fourth-order valence-electron chi connectivity index (χ4n) is 4.37. The fraction of sp³-hybridized carbons (Fsp3) is 0.545. The number of rotatable bonds is 4. The predicted molar refractivity (Wildman–Crippen MR) is 133 cm³/mol. The lowest BCUT2D eigenvalue weighted by atomic mass is 10.2. The number of sulfonamides is 1. The zero-order valence-corrected chi connectivity index (χ0v) is 20.5. The van der Waals surface area contributed by atoms with Crippen molar-refractivity contribution in [2.75, 3.05) is 72.1 Å². The van der Waals surface area contributed by atoms with Crippen molar-refractivity contribution in [3.63, 3.8) is 0 Å². The summed E-state index contributed by atoms with van der Waals surface area (Å²) in [4.78, 5) is 32.3. The summed E-state index contributed by atoms with van der Waals surface area (Å²) < 4.78 is 25.5. The van der Waals surface area contributed by atoms with Gasteiger partial charge in [-0.15, -0.1) is 0 Å². The highest BCUT2D eigenvalue weighted by atomic mass is 32.2. The molecule has 0 saturated carbocycles. The van der Waals surface area contributed by atoms with E-state index < -0.39 is 10.0 Å². The molecule has 12 heteroatoms. The Morgan fingerprint density at radius 3 is 2.59 bits per heavy atom. The third-order valence-corrected chi connectivity index (χ3v) is 7.49. The topological polar surface area (TPSA) is 115 Å². The minimum atomic E-state index is -3.23. The van der Waals surface area contributed by atoms with E-state index in [2.05, 4.69) is 32.0 Å². The molecule has 0 radical (unpaired) electrons. The Kier molecular flexibility index (Phi) is 7.47. The molecule has 34 heavy (non-hydrogen) atoms. The molecule has 2 aliphatic heterocycles. The predicted octanol–water partition coefficient (Wildman–Crippen LogP) is 2.00. The van der Waals surface area contributed by atoms with Crippen molar-refractivity contribution in [3.8, 4) is 0 Å². The number of aromatic nitrogens is 3. The molecular formula is C22H32N8O3S. The maximum atomic E-state index is 13.3. The molecule has 0 atom stereocenters. The number of amides is 2. The quantitative estimate of drug-likeness (QED) is 0.695. The summed E-state index contributed by atoms with van der Waals surface area (Å²) in [7, 11) is -3.23. The summed E-state index contributed by atoms with van der Waals surface area (Å²) >= 11 is 0. The van der Waals surface area contributed by atoms with Crippen LogP contribution in [-0.2, 0) is 10.0 Å². The molecule has 0 aromatic carbocycles. The first-order chi connectivity index (χ1) is 16.4. The molecule has 0 unspecified atom stereocenters. The molecule has 11 nitrogen and oxygen atoms in total. The summed E-state index contributed by atoms with van der Waals surface area (Å²) in [6.45, 7) is 6.50. The number of nitrogens with zero attached hydrogens (tertiary/aromatic N) is 7. The van der Waals surface area contributed by atoms with Crippen molar-refractivity contribution in [1.82, 2.24) is 19.3 Å². The van der Waals surface area contributed by atoms with E-state index in [1.807, 2.05) is 12.1 Å². The summed E-state index contributed by atoms with van der Waals surface area (Å²) in [5.74, 6) is 1.78. The van der Waals surface area contributed by atoms with Crippen LogP contribution >= 0.6 is 0 Å². The standard InChI is InChI=1S/C22H32N8O3S/c1-3-27-11-4-5-14-30(22(31)25-19-9-10-23-17-24-19)21-18(27)7-8-20(26-21)28-12-6-13-29(16-15-28)34(2,32)33/h7-10,17H,3-6,11-16H2,1-2H3,(H,23,24,25,31). The third-order valence-electron chi connectivity index (χ3n) is 6.19. The maximum absolute atomic E-state index is 13.3. The number of carbonyl (C=O) groups excluding carboxylic acids is 1. The lowest BCUT2D eigenvalue weighted by Crippen LogP contribution is -2.40. The van der Waals surface area contributed by atoms with Crippen LogP contribution in [0.1, 0.15) is 26.2 Å². The molecule has 2 aliphatic rings. The average Bonchev–Trinajstić information content (AvgIpc) is 3.07. The normalized spacial score (nSPS) is 18.0. The van der Waals surface area contributed by atoms with Crippen molar-refractivity contribution in [3.05, 3.63) is 30.7 Å². The van der Waals surface area contributed by atoms with Crippen LogP contribution in [0.3, 0.4) is 0 Å². The van der Waals surface area contributed by atoms with Gasteiger partial charge in [0, 0.05) is 52.0 Å². The number of hydrogen-bond acceptors (Lipinski definition) is 8. The summed E-state index contributed by atoms with van der Waals surface area (Å²) in [5, 5.41) is 2.86. The van der Waals surface area contributed by atoms with Gasteiger partial charge in [-0.3, -0.25) is 10.2 Å². The fourth-order valence-corrected chi connectivity index (χ4v) is 5.25. The SMILES string of the molecule is CCN1CCCCN(C(=O)Nc2ccncn2)c2nc(N3CCCN(S(C)(=O)=O)CC3)ccc21. The molecule has 0 spiro atoms. The Bertz CT molecular complexity index is 1100. The van der Waals surface area contributed by atoms with Crippen LogP contribution in [0.15, 0.2) is 30.7 Å². The van der Waals surface area contributed by atoms with Gasteiger partial charge in [-0.1, -0.05) is 0 Å². The van der Waals surface area contributed by atoms with E-state index in [4.69, 9.17) is 4.98 Å². The number of hydrogen-bond donors (Lipinski definition) is 1. The van der Waals surface area contributed by atoms with Gasteiger partial charge in [0.05, 0.1) is 11.9 Å². The van der Waals surface area contributed by atoms with E-state index in [1.165, 1.54) is 16.9 Å². The zero-order chi connectivity index (χ0) is 24.1. The Morgan fingerprint density at radius 1 is 1.03 bits per heavy atom. The van der Waals surface area contributed by atoms with Gasteiger partial charge >= 0.3 is 6.03 Å². The van der Waals surface area contributed by atoms with Crippen molar-refractivity contribution in [1.29, 1.82) is 0 Å². The van der Waals surface area contributed by atoms with Crippen LogP contribution in [0.25, 0.3) is 0 Å². The second-order valence-electron chi connectivity index (χ2n) is 8.48. The maximum Gasteiger partial charge on any atom is 0.328 e. The monoisotopic (exact) mass is 488 g/mol. The number of nitrogens with one attached hydrogen (secondary N) is 1. The summed E-state index contributed by atoms with van der Waals surface area (Å²) in [6, 6.07) is 5.35. The molecule has 184 valence electrons. The number of fused-ring (bicyclic) bond motifs is 1. The van der Waals surface area contributed by atoms with Gasteiger partial charge in [0.25, 0.3) is 0 Å². The highest BCUT2D eigenvalue weighted by molar-refractivity contribution is 7.88. The molecule has 1 saturated heterocycles. The first-order valence-corrected chi connectivity index (χ1v) is 13.5. The Hall–Kier alpha value is -2.99. The van der Waals surface area contributed by atoms with E-state index in [9.17, 15) is 13.2 Å². The zero-order valence-electron chi connectivity index (χ0n) is 19.7. The van der Waals surface area contributed by atoms with Gasteiger partial charge in [-0.05, 0) is 44.4 Å². The summed E-state index contributed by atoms with van der Waals surface area (Å²) in [6.07, 6.45) is 6.76. The van der Waals surface area contributed by atoms with E-state index in [0.29, 0.717) is 50.8 Å². The van der Waals surface area contributed by atoms with Crippen LogP contribution in [0.2, 0.25) is 0 Å². The minimum absolute atomic E-state index is 0.290. The van der Waals surface area contributed by atoms with E-state index in [0.717, 1.165) is 37.4 Å². The van der Waals surface area contributed by atoms with Crippen molar-refractivity contribution in [2.24, 2.45) is 0 Å². The van der Waals surface area contributed by atoms with Gasteiger partial charge < -0.3 is 9.80 Å². The number of carbonyl (C=O) groups is 1. The van der Waals surface area contributed by atoms with Crippen LogP contribution < -0.4 is 20.0 Å². The lowest BCUT2D eigenvalue weighted by Gasteiger charge is -2.34. The Balaban J connectivity index is 1.65. The Morgan fingerprint density at radius 2 is 1.85 bits per heavy atom. The summed E-state index contributed by atoms with van der Waals surface area (Å²) in [5.41, 5.74) is 0.913. The second kappa shape index (κ2) is 10.5. The highest BCUT2D eigenvalue weighted by Crippen LogP contribution is 2.33. The Labute approximate surface area is 200 Å². The molecule has 1 N–H and O–H groups in total. The van der Waals surface area contributed by atoms with E-state index in [-0.39, 0.29) is 6.03 Å². The molecule has 1 fully saturated rings. The van der Waals surface area contributed by atoms with Gasteiger partial charge in [0.2, 0.25) is 10.0 Å². The van der Waals surface area contributed by atoms with Gasteiger partial charge in [0.15, 0.2) is 5.82 Å². The molecule has 4 rings (SSSR count). The van der Waals surface area contributed by atoms with Crippen molar-refractivity contribution in [2.45, 2.75) is 26.2 Å². The molecule has 2 amide bonds. The highest BCUT2D eigenvalue weighted by Gasteiger charge is 2.27. The van der Waals surface area contributed by atoms with Crippen molar-refractivity contribution < 1.29 is 13.2 Å². The first kappa shape index (κ1) is 24.1. The molecule has 4 heterocycles. The van der Waals surface area contributed by atoms with Gasteiger partial charge in [0.1, 0.15) is 18.0 Å². The third kappa shape index (κ3) is 5.55. The molecule has 2 aromatic heterocycles. The number of pyridine rings is 1. The van der Waals surface area contributed by atoms with Crippen LogP contribution in [-0.4, -0.2) is 85.8 Å². The second-order valence-corrected chi connectivity index (χ2v) is 10.5. The lowest BCUT2D eigenvalue weighted by molar-refractivity contribution is 0.256. The smallest absolute Gasteiger partial charge is 0.328 e. The number of anilines is 4. The van der Waals surface area contributed by atoms with Gasteiger partial charge in [-0.2, -0.15) is 0 Å². The van der Waals surface area contributed by atoms with Crippen LogP contribution in [0.4, 0.5) is 27.9 Å². The first-order valence-electron chi connectivity index (χ1n) is 11.7. The molecule has 2 aromatic rings. The van der Waals surface area contributed by atoms with Crippen LogP contribution in [0.5, 0.6) is 0 Å². The van der Waals surface area contributed by atoms with Crippen molar-refractivity contribution >= 4 is 39.2 Å².